The van der Waals surface area contributed by atoms with Crippen molar-refractivity contribution in [2.45, 2.75) is 0 Å². The van der Waals surface area contributed by atoms with Crippen LogP contribution in [0, 0.1) is 0 Å². The summed E-state index contributed by atoms with van der Waals surface area (Å²) in [6, 6.07) is 85.0. The van der Waals surface area contributed by atoms with Crippen molar-refractivity contribution in [1.82, 2.24) is 14.1 Å². The minimum absolute atomic E-state index is 1.08. The Kier molecular flexibility index (Phi) is 9.08. The third kappa shape index (κ3) is 6.38. The van der Waals surface area contributed by atoms with Gasteiger partial charge in [-0.15, -0.1) is 0 Å². The van der Waals surface area contributed by atoms with Crippen molar-refractivity contribution in [2.24, 2.45) is 0 Å². The fourth-order valence-electron chi connectivity index (χ4n) is 9.52. The molecule has 0 aliphatic carbocycles. The van der Waals surface area contributed by atoms with Crippen molar-refractivity contribution in [1.29, 1.82) is 0 Å². The summed E-state index contributed by atoms with van der Waals surface area (Å²) in [6.07, 6.45) is 3.75. The second kappa shape index (κ2) is 15.7. The molecule has 9 aromatic carbocycles. The van der Waals surface area contributed by atoms with Gasteiger partial charge < -0.3 is 18.9 Å². The van der Waals surface area contributed by atoms with Crippen LogP contribution < -0.4 is 9.80 Å². The van der Waals surface area contributed by atoms with E-state index < -0.39 is 0 Å². The van der Waals surface area contributed by atoms with Gasteiger partial charge in [-0.05, 0) is 139 Å². The molecule has 12 aromatic rings. The van der Waals surface area contributed by atoms with Crippen molar-refractivity contribution >= 4 is 77.7 Å². The van der Waals surface area contributed by atoms with Crippen molar-refractivity contribution in [3.63, 3.8) is 0 Å². The Morgan fingerprint density at radius 3 is 1.03 bits per heavy atom. The van der Waals surface area contributed by atoms with Crippen LogP contribution in [0.4, 0.5) is 34.1 Å². The molecule has 0 radical (unpaired) electrons. The lowest BCUT2D eigenvalue weighted by molar-refractivity contribution is 1.13. The molecule has 302 valence electrons. The van der Waals surface area contributed by atoms with Crippen LogP contribution in [0.25, 0.3) is 66.1 Å². The van der Waals surface area contributed by atoms with Crippen LogP contribution in [0.2, 0.25) is 0 Å². The molecule has 5 heteroatoms. The summed E-state index contributed by atoms with van der Waals surface area (Å²) in [5.74, 6) is 0. The number of nitrogens with zero attached hydrogens (tertiary/aromatic N) is 5. The summed E-state index contributed by atoms with van der Waals surface area (Å²) in [5.41, 5.74) is 15.6. The number of aromatic nitrogens is 3. The molecular weight excluding hydrogens is 779 g/mol. The highest BCUT2D eigenvalue weighted by molar-refractivity contribution is 6.12. The first kappa shape index (κ1) is 37.1. The highest BCUT2D eigenvalue weighted by Gasteiger charge is 2.21. The Morgan fingerprint density at radius 2 is 0.625 bits per heavy atom. The molecule has 5 nitrogen and oxygen atoms in total. The van der Waals surface area contributed by atoms with E-state index in [0.717, 1.165) is 78.7 Å². The predicted octanol–water partition coefficient (Wildman–Crippen LogP) is 15.9. The number of rotatable bonds is 9. The van der Waals surface area contributed by atoms with Gasteiger partial charge in [-0.25, -0.2) is 0 Å². The van der Waals surface area contributed by atoms with E-state index in [9.17, 15) is 0 Å². The minimum Gasteiger partial charge on any atom is -0.310 e. The van der Waals surface area contributed by atoms with Crippen LogP contribution in [-0.2, 0) is 0 Å². The monoisotopic (exact) mass is 819 g/mol. The summed E-state index contributed by atoms with van der Waals surface area (Å²) in [4.78, 5) is 9.06. The number of hydrogen-bond donors (Lipinski definition) is 0. The van der Waals surface area contributed by atoms with E-state index in [1.165, 1.54) is 21.5 Å². The van der Waals surface area contributed by atoms with Crippen LogP contribution in [0.1, 0.15) is 0 Å². The van der Waals surface area contributed by atoms with Gasteiger partial charge in [0.25, 0.3) is 0 Å². The number of fused-ring (bicyclic) bond motifs is 6. The van der Waals surface area contributed by atoms with E-state index in [1.807, 2.05) is 12.4 Å². The second-order valence-electron chi connectivity index (χ2n) is 16.1. The van der Waals surface area contributed by atoms with Crippen molar-refractivity contribution < 1.29 is 0 Å². The topological polar surface area (TPSA) is 29.2 Å². The van der Waals surface area contributed by atoms with E-state index in [1.54, 1.807) is 0 Å². The summed E-state index contributed by atoms with van der Waals surface area (Å²) >= 11 is 0. The Hall–Kier alpha value is -8.67. The molecule has 12 rings (SSSR count). The Balaban J connectivity index is 1.08. The third-order valence-electron chi connectivity index (χ3n) is 12.3. The summed E-state index contributed by atoms with van der Waals surface area (Å²) in [5, 5.41) is 4.77. The summed E-state index contributed by atoms with van der Waals surface area (Å²) < 4.78 is 4.86. The number of anilines is 6. The maximum absolute atomic E-state index is 4.39. The normalized spacial score (nSPS) is 11.4. The molecule has 0 aliphatic heterocycles. The predicted molar refractivity (Wildman–Crippen MR) is 268 cm³/mol. The SMILES string of the molecule is c1ccc(N(c2ccccc2)c2ccc3c(c2)c2ccccc2n3-c2cc(-c3ccncc3)cc(-n3c4ccccc4c4cc(N(c5ccccc5)c5ccccc5)ccc43)c2)cc1. The van der Waals surface area contributed by atoms with Crippen molar-refractivity contribution in [3.8, 4) is 22.5 Å². The number of hydrogen-bond acceptors (Lipinski definition) is 3. The van der Waals surface area contributed by atoms with E-state index in [0.29, 0.717) is 0 Å². The molecule has 0 fully saturated rings. The molecule has 0 unspecified atom stereocenters. The first-order valence-electron chi connectivity index (χ1n) is 21.7. The molecule has 3 heterocycles. The van der Waals surface area contributed by atoms with E-state index in [-0.39, 0.29) is 0 Å². The average Bonchev–Trinajstić information content (AvgIpc) is 3.88. The van der Waals surface area contributed by atoms with E-state index in [2.05, 4.69) is 261 Å². The van der Waals surface area contributed by atoms with Gasteiger partial charge >= 0.3 is 0 Å². The largest absolute Gasteiger partial charge is 0.310 e. The lowest BCUT2D eigenvalue weighted by Gasteiger charge is -2.25. The van der Waals surface area contributed by atoms with Gasteiger partial charge in [0, 0.05) is 79.4 Å². The number of para-hydroxylation sites is 6. The van der Waals surface area contributed by atoms with Crippen molar-refractivity contribution in [2.75, 3.05) is 9.80 Å². The van der Waals surface area contributed by atoms with Gasteiger partial charge in [-0.2, -0.15) is 0 Å². The van der Waals surface area contributed by atoms with Crippen LogP contribution in [-0.4, -0.2) is 14.1 Å². The molecule has 0 saturated carbocycles. The Labute approximate surface area is 371 Å². The quantitative estimate of drug-likeness (QED) is 0.145. The minimum atomic E-state index is 1.08. The van der Waals surface area contributed by atoms with Crippen LogP contribution in [0.15, 0.2) is 249 Å². The molecule has 0 amide bonds. The zero-order chi connectivity index (χ0) is 42.4. The highest BCUT2D eigenvalue weighted by Crippen LogP contribution is 2.43. The highest BCUT2D eigenvalue weighted by atomic mass is 15.1. The number of pyridine rings is 1. The molecule has 0 atom stereocenters. The fourth-order valence-corrected chi connectivity index (χ4v) is 9.52. The lowest BCUT2D eigenvalue weighted by atomic mass is 10.0. The van der Waals surface area contributed by atoms with E-state index >= 15 is 0 Å². The molecule has 0 N–H and O–H groups in total. The zero-order valence-corrected chi connectivity index (χ0v) is 34.9. The maximum atomic E-state index is 4.39. The van der Waals surface area contributed by atoms with Crippen LogP contribution >= 0.6 is 0 Å². The van der Waals surface area contributed by atoms with Crippen molar-refractivity contribution in [3.05, 3.63) is 249 Å². The van der Waals surface area contributed by atoms with Gasteiger partial charge in [-0.1, -0.05) is 109 Å². The molecule has 0 saturated heterocycles. The molecule has 0 spiro atoms. The molecule has 64 heavy (non-hydrogen) atoms. The van der Waals surface area contributed by atoms with Gasteiger partial charge in [0.05, 0.1) is 22.1 Å². The fraction of sp³-hybridized carbons (Fsp3) is 0. The standard InChI is InChI=1S/C59H41N5/c1-5-17-44(18-6-1)61(45-19-7-2-8-20-45)48-29-31-58-54(40-48)52-25-13-15-27-56(52)63(58)50-37-43(42-33-35-60-36-34-42)38-51(39-50)64-57-28-16-14-26-53(57)55-41-49(30-32-59(55)64)62(46-21-9-3-10-22-46)47-23-11-4-12-24-47/h1-41H. The molecule has 0 aliphatic rings. The molecule has 0 bridgehead atoms. The molecular formula is C59H41N5. The first-order valence-corrected chi connectivity index (χ1v) is 21.7. The smallest absolute Gasteiger partial charge is 0.0542 e. The van der Waals surface area contributed by atoms with E-state index in [4.69, 9.17) is 0 Å². The molecule has 3 aromatic heterocycles. The van der Waals surface area contributed by atoms with Crippen LogP contribution in [0.3, 0.4) is 0 Å². The van der Waals surface area contributed by atoms with Crippen LogP contribution in [0.5, 0.6) is 0 Å². The average molecular weight is 820 g/mol. The Bertz CT molecular complexity index is 3300. The van der Waals surface area contributed by atoms with Gasteiger partial charge in [0.1, 0.15) is 0 Å². The Morgan fingerprint density at radius 1 is 0.266 bits per heavy atom. The number of benzene rings is 9. The lowest BCUT2D eigenvalue weighted by Crippen LogP contribution is -2.09. The van der Waals surface area contributed by atoms with Gasteiger partial charge in [-0.3, -0.25) is 4.98 Å². The van der Waals surface area contributed by atoms with Gasteiger partial charge in [0.2, 0.25) is 0 Å². The zero-order valence-electron chi connectivity index (χ0n) is 34.9. The maximum Gasteiger partial charge on any atom is 0.0542 e. The summed E-state index contributed by atoms with van der Waals surface area (Å²) in [6.45, 7) is 0. The summed E-state index contributed by atoms with van der Waals surface area (Å²) in [7, 11) is 0. The third-order valence-corrected chi connectivity index (χ3v) is 12.3. The first-order chi connectivity index (χ1) is 31.8. The van der Waals surface area contributed by atoms with Gasteiger partial charge in [0.15, 0.2) is 0 Å². The second-order valence-corrected chi connectivity index (χ2v) is 16.1.